The average molecular weight is 537 g/mol. The van der Waals surface area contributed by atoms with Gasteiger partial charge in [0.1, 0.15) is 5.76 Å². The molecule has 0 spiro atoms. The SMILES string of the molecule is Cc1cc(NC(=O)CSc2ncc(-c3ccc(Br)cc3)n2-c2cccc(C(F)(F)F)c2)no1. The number of rotatable bonds is 6. The van der Waals surface area contributed by atoms with Gasteiger partial charge in [-0.3, -0.25) is 9.36 Å². The third-order valence-electron chi connectivity index (χ3n) is 4.53. The van der Waals surface area contributed by atoms with E-state index < -0.39 is 11.7 Å². The standard InChI is InChI=1S/C22H16BrF3N4O2S/c1-13-9-19(29-32-13)28-20(31)12-33-21-27-11-18(14-5-7-16(23)8-6-14)30(21)17-4-2-3-15(10-17)22(24,25)26/h2-11H,12H2,1H3,(H,28,29,31). The molecule has 11 heteroatoms. The topological polar surface area (TPSA) is 73.0 Å². The maximum atomic E-state index is 13.3. The Morgan fingerprint density at radius 3 is 2.61 bits per heavy atom. The molecular formula is C22H16BrF3N4O2S. The molecule has 0 fully saturated rings. The number of aromatic nitrogens is 3. The van der Waals surface area contributed by atoms with Crippen LogP contribution in [0.4, 0.5) is 19.0 Å². The predicted molar refractivity (Wildman–Crippen MR) is 122 cm³/mol. The zero-order valence-electron chi connectivity index (χ0n) is 17.1. The first-order valence-electron chi connectivity index (χ1n) is 9.58. The smallest absolute Gasteiger partial charge is 0.360 e. The van der Waals surface area contributed by atoms with Gasteiger partial charge in [0.2, 0.25) is 5.91 Å². The Hall–Kier alpha value is -3.05. The summed E-state index contributed by atoms with van der Waals surface area (Å²) in [6.07, 6.45) is -2.91. The van der Waals surface area contributed by atoms with Crippen molar-refractivity contribution in [2.24, 2.45) is 0 Å². The minimum absolute atomic E-state index is 0.0261. The molecule has 170 valence electrons. The molecule has 0 radical (unpaired) electrons. The van der Waals surface area contributed by atoms with Crippen molar-refractivity contribution in [3.05, 3.63) is 76.6 Å². The summed E-state index contributed by atoms with van der Waals surface area (Å²) in [4.78, 5) is 16.7. The van der Waals surface area contributed by atoms with Crippen molar-refractivity contribution in [3.63, 3.8) is 0 Å². The zero-order valence-corrected chi connectivity index (χ0v) is 19.5. The number of benzene rings is 2. The van der Waals surface area contributed by atoms with Crippen molar-refractivity contribution in [3.8, 4) is 16.9 Å². The zero-order chi connectivity index (χ0) is 23.6. The maximum Gasteiger partial charge on any atom is 0.416 e. The minimum Gasteiger partial charge on any atom is -0.360 e. The molecule has 0 saturated carbocycles. The lowest BCUT2D eigenvalue weighted by Crippen LogP contribution is -2.15. The maximum absolute atomic E-state index is 13.3. The first kappa shape index (κ1) is 23.1. The lowest BCUT2D eigenvalue weighted by atomic mass is 10.1. The number of halogens is 4. The summed E-state index contributed by atoms with van der Waals surface area (Å²) in [5.74, 6) is 0.464. The number of hydrogen-bond donors (Lipinski definition) is 1. The summed E-state index contributed by atoms with van der Waals surface area (Å²) in [5.41, 5.74) is 0.871. The second-order valence-corrected chi connectivity index (χ2v) is 8.83. The van der Waals surface area contributed by atoms with Crippen molar-refractivity contribution in [2.75, 3.05) is 11.1 Å². The van der Waals surface area contributed by atoms with Gasteiger partial charge in [0, 0.05) is 21.8 Å². The van der Waals surface area contributed by atoms with Crippen LogP contribution in [0, 0.1) is 6.92 Å². The van der Waals surface area contributed by atoms with Crippen molar-refractivity contribution in [1.82, 2.24) is 14.7 Å². The number of aryl methyl sites for hydroxylation is 1. The van der Waals surface area contributed by atoms with Crippen molar-refractivity contribution in [2.45, 2.75) is 18.3 Å². The number of thioether (sulfide) groups is 1. The lowest BCUT2D eigenvalue weighted by Gasteiger charge is -2.14. The van der Waals surface area contributed by atoms with E-state index in [1.807, 2.05) is 24.3 Å². The Morgan fingerprint density at radius 2 is 1.94 bits per heavy atom. The van der Waals surface area contributed by atoms with E-state index in [9.17, 15) is 18.0 Å². The highest BCUT2D eigenvalue weighted by molar-refractivity contribution is 9.10. The van der Waals surface area contributed by atoms with Gasteiger partial charge in [0.05, 0.1) is 23.2 Å². The summed E-state index contributed by atoms with van der Waals surface area (Å²) < 4.78 is 47.4. The highest BCUT2D eigenvalue weighted by Crippen LogP contribution is 2.34. The van der Waals surface area contributed by atoms with Crippen LogP contribution in [0.25, 0.3) is 16.9 Å². The summed E-state index contributed by atoms with van der Waals surface area (Å²) in [5, 5.41) is 6.70. The molecule has 2 aromatic carbocycles. The number of hydrogen-bond acceptors (Lipinski definition) is 5. The van der Waals surface area contributed by atoms with Gasteiger partial charge in [-0.2, -0.15) is 13.2 Å². The van der Waals surface area contributed by atoms with Gasteiger partial charge in [0.25, 0.3) is 0 Å². The quantitative estimate of drug-likeness (QED) is 0.291. The van der Waals surface area contributed by atoms with Gasteiger partial charge in [-0.25, -0.2) is 4.98 Å². The molecule has 2 heterocycles. The Labute approximate surface area is 199 Å². The minimum atomic E-state index is -4.49. The number of anilines is 1. The monoisotopic (exact) mass is 536 g/mol. The van der Waals surface area contributed by atoms with Crippen LogP contribution in [-0.2, 0) is 11.0 Å². The largest absolute Gasteiger partial charge is 0.416 e. The van der Waals surface area contributed by atoms with Crippen molar-refractivity contribution < 1.29 is 22.5 Å². The molecule has 1 amide bonds. The van der Waals surface area contributed by atoms with Crippen molar-refractivity contribution >= 4 is 39.4 Å². The molecule has 0 saturated heterocycles. The summed E-state index contributed by atoms with van der Waals surface area (Å²) >= 11 is 4.48. The van der Waals surface area contributed by atoms with Gasteiger partial charge < -0.3 is 9.84 Å². The van der Waals surface area contributed by atoms with Crippen LogP contribution in [-0.4, -0.2) is 26.4 Å². The van der Waals surface area contributed by atoms with Crippen LogP contribution in [0.3, 0.4) is 0 Å². The number of imidazole rings is 1. The molecule has 0 bridgehead atoms. The predicted octanol–water partition coefficient (Wildman–Crippen LogP) is 6.35. The third kappa shape index (κ3) is 5.48. The molecule has 1 N–H and O–H groups in total. The van der Waals surface area contributed by atoms with E-state index in [4.69, 9.17) is 4.52 Å². The molecule has 0 unspecified atom stereocenters. The van der Waals surface area contributed by atoms with E-state index in [2.05, 4.69) is 31.4 Å². The van der Waals surface area contributed by atoms with Gasteiger partial charge in [0.15, 0.2) is 11.0 Å². The molecule has 4 rings (SSSR count). The summed E-state index contributed by atoms with van der Waals surface area (Å²) in [6.45, 7) is 1.70. The molecule has 2 aromatic heterocycles. The van der Waals surface area contributed by atoms with E-state index in [-0.39, 0.29) is 23.2 Å². The fraction of sp³-hybridized carbons (Fsp3) is 0.136. The fourth-order valence-corrected chi connectivity index (χ4v) is 4.12. The average Bonchev–Trinajstić information content (AvgIpc) is 3.38. The van der Waals surface area contributed by atoms with Crippen LogP contribution in [0.15, 0.2) is 74.9 Å². The van der Waals surface area contributed by atoms with Gasteiger partial charge in [-0.05, 0) is 37.3 Å². The fourth-order valence-electron chi connectivity index (χ4n) is 3.07. The number of alkyl halides is 3. The Kier molecular flexibility index (Phi) is 6.61. The Bertz CT molecular complexity index is 1290. The highest BCUT2D eigenvalue weighted by atomic mass is 79.9. The first-order chi connectivity index (χ1) is 15.7. The number of carbonyl (C=O) groups is 1. The number of nitrogens with zero attached hydrogens (tertiary/aromatic N) is 3. The summed E-state index contributed by atoms with van der Waals surface area (Å²) in [7, 11) is 0. The van der Waals surface area contributed by atoms with E-state index in [0.29, 0.717) is 16.6 Å². The number of carbonyl (C=O) groups excluding carboxylic acids is 1. The Balaban J connectivity index is 1.67. The van der Waals surface area contributed by atoms with Crippen LogP contribution >= 0.6 is 27.7 Å². The lowest BCUT2D eigenvalue weighted by molar-refractivity contribution is -0.137. The van der Waals surface area contributed by atoms with Crippen molar-refractivity contribution in [1.29, 1.82) is 0 Å². The van der Waals surface area contributed by atoms with E-state index in [1.165, 1.54) is 6.07 Å². The van der Waals surface area contributed by atoms with Crippen LogP contribution in [0.5, 0.6) is 0 Å². The van der Waals surface area contributed by atoms with E-state index in [0.717, 1.165) is 33.9 Å². The van der Waals surface area contributed by atoms with E-state index in [1.54, 1.807) is 29.8 Å². The molecule has 4 aromatic rings. The van der Waals surface area contributed by atoms with Crippen LogP contribution in [0.2, 0.25) is 0 Å². The number of amides is 1. The van der Waals surface area contributed by atoms with Gasteiger partial charge in [-0.15, -0.1) is 0 Å². The molecule has 0 atom stereocenters. The van der Waals surface area contributed by atoms with Gasteiger partial charge >= 0.3 is 6.18 Å². The second-order valence-electron chi connectivity index (χ2n) is 6.98. The third-order valence-corrected chi connectivity index (χ3v) is 6.01. The summed E-state index contributed by atoms with van der Waals surface area (Å²) in [6, 6.07) is 13.9. The van der Waals surface area contributed by atoms with Crippen LogP contribution < -0.4 is 5.32 Å². The van der Waals surface area contributed by atoms with Gasteiger partial charge in [-0.1, -0.05) is 51.0 Å². The normalized spacial score (nSPS) is 11.5. The molecule has 0 aliphatic rings. The van der Waals surface area contributed by atoms with Crippen LogP contribution in [0.1, 0.15) is 11.3 Å². The molecule has 0 aliphatic carbocycles. The number of nitrogens with one attached hydrogen (secondary N) is 1. The molecular weight excluding hydrogens is 521 g/mol. The Morgan fingerprint density at radius 1 is 1.18 bits per heavy atom. The first-order valence-corrected chi connectivity index (χ1v) is 11.4. The molecule has 6 nitrogen and oxygen atoms in total. The molecule has 33 heavy (non-hydrogen) atoms. The highest BCUT2D eigenvalue weighted by Gasteiger charge is 2.31. The molecule has 0 aliphatic heterocycles. The van der Waals surface area contributed by atoms with E-state index >= 15 is 0 Å². The second kappa shape index (κ2) is 9.44.